The summed E-state index contributed by atoms with van der Waals surface area (Å²) < 4.78 is 2.44. The van der Waals surface area contributed by atoms with E-state index in [2.05, 4.69) is 198 Å². The van der Waals surface area contributed by atoms with Crippen molar-refractivity contribution in [2.24, 2.45) is 0 Å². The number of para-hydroxylation sites is 2. The highest BCUT2D eigenvalue weighted by molar-refractivity contribution is 6.11. The lowest BCUT2D eigenvalue weighted by Gasteiger charge is -2.28. The van der Waals surface area contributed by atoms with Gasteiger partial charge in [0.05, 0.1) is 22.4 Å². The molecule has 10 aromatic rings. The smallest absolute Gasteiger partial charge is 0.0736 e. The van der Waals surface area contributed by atoms with Gasteiger partial charge in [-0.1, -0.05) is 127 Å². The predicted octanol–water partition coefficient (Wildman–Crippen LogP) is 13.9. The molecule has 0 atom stereocenters. The lowest BCUT2D eigenvalue weighted by molar-refractivity contribution is 0.927. The van der Waals surface area contributed by atoms with Gasteiger partial charge in [0.1, 0.15) is 0 Å². The molecule has 0 unspecified atom stereocenters. The van der Waals surface area contributed by atoms with Gasteiger partial charge in [-0.2, -0.15) is 0 Å². The second kappa shape index (κ2) is 13.3. The largest absolute Gasteiger partial charge is 0.310 e. The van der Waals surface area contributed by atoms with E-state index in [4.69, 9.17) is 4.98 Å². The highest BCUT2D eigenvalue weighted by atomic mass is 15.1. The Hall–Kier alpha value is -7.23. The van der Waals surface area contributed by atoms with Crippen LogP contribution < -0.4 is 4.90 Å². The van der Waals surface area contributed by atoms with Gasteiger partial charge in [0.15, 0.2) is 0 Å². The number of hydrogen-bond donors (Lipinski definition) is 0. The van der Waals surface area contributed by atoms with Crippen LogP contribution in [-0.4, -0.2) is 9.55 Å². The standard InChI is InChI=1S/C53H37N3/c1-2-11-36(12-3-1)37-22-26-43(27-23-37)55(45-30-31-47-41(34-45)21-20-39-14-10-32-54-53(39)47)44-28-24-38(25-29-44)42-33-40-13-4-5-15-46(40)52(35-42)56-50-18-8-6-16-48(50)49-17-7-9-19-51(49)56/h1-19,22-35H,20-21H2. The fourth-order valence-corrected chi connectivity index (χ4v) is 8.82. The summed E-state index contributed by atoms with van der Waals surface area (Å²) in [5.41, 5.74) is 16.8. The quantitative estimate of drug-likeness (QED) is 0.171. The Labute approximate surface area is 326 Å². The van der Waals surface area contributed by atoms with E-state index in [1.54, 1.807) is 0 Å². The Morgan fingerprint density at radius 3 is 1.70 bits per heavy atom. The monoisotopic (exact) mass is 715 g/mol. The maximum atomic E-state index is 4.78. The molecule has 8 aromatic carbocycles. The minimum atomic E-state index is 0.998. The Morgan fingerprint density at radius 1 is 0.411 bits per heavy atom. The Balaban J connectivity index is 1.03. The van der Waals surface area contributed by atoms with E-state index >= 15 is 0 Å². The Bertz CT molecular complexity index is 3010. The van der Waals surface area contributed by atoms with Gasteiger partial charge in [0.2, 0.25) is 0 Å². The number of aryl methyl sites for hydroxylation is 2. The van der Waals surface area contributed by atoms with E-state index < -0.39 is 0 Å². The van der Waals surface area contributed by atoms with E-state index in [1.807, 2.05) is 12.3 Å². The summed E-state index contributed by atoms with van der Waals surface area (Å²) in [6, 6.07) is 70.7. The molecule has 0 saturated carbocycles. The predicted molar refractivity (Wildman–Crippen MR) is 234 cm³/mol. The summed E-state index contributed by atoms with van der Waals surface area (Å²) in [5, 5.41) is 4.98. The molecule has 0 saturated heterocycles. The first-order valence-corrected chi connectivity index (χ1v) is 19.4. The first kappa shape index (κ1) is 32.2. The minimum Gasteiger partial charge on any atom is -0.310 e. The van der Waals surface area contributed by atoms with Gasteiger partial charge < -0.3 is 9.47 Å². The number of benzene rings is 8. The first-order chi connectivity index (χ1) is 27.8. The Morgan fingerprint density at radius 2 is 0.982 bits per heavy atom. The summed E-state index contributed by atoms with van der Waals surface area (Å²) >= 11 is 0. The molecule has 56 heavy (non-hydrogen) atoms. The molecule has 3 nitrogen and oxygen atoms in total. The number of rotatable bonds is 6. The number of hydrogen-bond acceptors (Lipinski definition) is 2. The van der Waals surface area contributed by atoms with Crippen molar-refractivity contribution in [3.63, 3.8) is 0 Å². The zero-order chi connectivity index (χ0) is 37.0. The van der Waals surface area contributed by atoms with Gasteiger partial charge in [0.25, 0.3) is 0 Å². The van der Waals surface area contributed by atoms with Crippen LogP contribution in [0.1, 0.15) is 11.1 Å². The van der Waals surface area contributed by atoms with E-state index in [0.717, 1.165) is 35.6 Å². The van der Waals surface area contributed by atoms with Gasteiger partial charge in [-0.25, -0.2) is 0 Å². The molecular weight excluding hydrogens is 679 g/mol. The van der Waals surface area contributed by atoms with E-state index in [0.29, 0.717) is 0 Å². The second-order valence-electron chi connectivity index (χ2n) is 14.7. The minimum absolute atomic E-state index is 0.998. The fraction of sp³-hybridized carbons (Fsp3) is 0.0377. The molecule has 0 spiro atoms. The van der Waals surface area contributed by atoms with Gasteiger partial charge >= 0.3 is 0 Å². The number of anilines is 3. The lowest BCUT2D eigenvalue weighted by Crippen LogP contribution is -2.12. The average molecular weight is 716 g/mol. The molecule has 264 valence electrons. The van der Waals surface area contributed by atoms with Crippen molar-refractivity contribution in [1.29, 1.82) is 0 Å². The summed E-state index contributed by atoms with van der Waals surface area (Å²) in [5.74, 6) is 0. The van der Waals surface area contributed by atoms with Crippen LogP contribution in [0.5, 0.6) is 0 Å². The number of nitrogens with zero attached hydrogens (tertiary/aromatic N) is 3. The third kappa shape index (κ3) is 5.39. The van der Waals surface area contributed by atoms with Crippen molar-refractivity contribution in [2.75, 3.05) is 4.90 Å². The van der Waals surface area contributed by atoms with E-state index in [1.165, 1.54) is 77.2 Å². The maximum Gasteiger partial charge on any atom is 0.0736 e. The third-order valence-corrected chi connectivity index (χ3v) is 11.5. The number of aromatic nitrogens is 2. The van der Waals surface area contributed by atoms with Crippen LogP contribution in [0.2, 0.25) is 0 Å². The van der Waals surface area contributed by atoms with Crippen molar-refractivity contribution in [3.05, 3.63) is 211 Å². The van der Waals surface area contributed by atoms with Crippen LogP contribution in [0.15, 0.2) is 200 Å². The van der Waals surface area contributed by atoms with Crippen LogP contribution in [0, 0.1) is 0 Å². The molecular formula is C53H37N3. The normalized spacial score (nSPS) is 12.1. The molecule has 3 heteroatoms. The van der Waals surface area contributed by atoms with E-state index in [-0.39, 0.29) is 0 Å². The summed E-state index contributed by atoms with van der Waals surface area (Å²) in [6.07, 6.45) is 3.91. The van der Waals surface area contributed by atoms with Crippen molar-refractivity contribution in [3.8, 4) is 39.2 Å². The van der Waals surface area contributed by atoms with Crippen LogP contribution in [0.4, 0.5) is 17.1 Å². The summed E-state index contributed by atoms with van der Waals surface area (Å²) in [6.45, 7) is 0. The van der Waals surface area contributed by atoms with Gasteiger partial charge in [-0.3, -0.25) is 4.98 Å². The molecule has 1 aliphatic carbocycles. The molecule has 0 aliphatic heterocycles. The zero-order valence-corrected chi connectivity index (χ0v) is 30.8. The maximum absolute atomic E-state index is 4.78. The molecule has 1 aliphatic rings. The fourth-order valence-electron chi connectivity index (χ4n) is 8.82. The SMILES string of the molecule is c1ccc(-c2ccc(N(c3ccc(-c4cc(-n5c6ccccc6c6ccccc65)c5ccccc5c4)cc3)c3ccc4c(c3)CCc3cccnc3-4)cc2)cc1. The molecule has 0 radical (unpaired) electrons. The van der Waals surface area contributed by atoms with Crippen molar-refractivity contribution >= 4 is 49.6 Å². The second-order valence-corrected chi connectivity index (χ2v) is 14.7. The average Bonchev–Trinajstić information content (AvgIpc) is 3.61. The molecule has 0 N–H and O–H groups in total. The third-order valence-electron chi connectivity index (χ3n) is 11.5. The van der Waals surface area contributed by atoms with Crippen LogP contribution in [0.25, 0.3) is 71.8 Å². The van der Waals surface area contributed by atoms with Crippen molar-refractivity contribution in [2.45, 2.75) is 12.8 Å². The zero-order valence-electron chi connectivity index (χ0n) is 30.8. The van der Waals surface area contributed by atoms with Gasteiger partial charge in [-0.05, 0) is 118 Å². The lowest BCUT2D eigenvalue weighted by atomic mass is 9.88. The molecule has 11 rings (SSSR count). The van der Waals surface area contributed by atoms with Gasteiger partial charge in [0, 0.05) is 45.0 Å². The van der Waals surface area contributed by atoms with Crippen LogP contribution in [-0.2, 0) is 12.8 Å². The summed E-state index contributed by atoms with van der Waals surface area (Å²) in [7, 11) is 0. The highest BCUT2D eigenvalue weighted by Crippen LogP contribution is 2.42. The van der Waals surface area contributed by atoms with Gasteiger partial charge in [-0.15, -0.1) is 0 Å². The van der Waals surface area contributed by atoms with Crippen LogP contribution in [0.3, 0.4) is 0 Å². The number of pyridine rings is 1. The van der Waals surface area contributed by atoms with Crippen molar-refractivity contribution < 1.29 is 0 Å². The topological polar surface area (TPSA) is 21.1 Å². The van der Waals surface area contributed by atoms with Crippen molar-refractivity contribution in [1.82, 2.24) is 9.55 Å². The van der Waals surface area contributed by atoms with Crippen LogP contribution >= 0.6 is 0 Å². The molecule has 2 heterocycles. The molecule has 0 fully saturated rings. The summed E-state index contributed by atoms with van der Waals surface area (Å²) in [4.78, 5) is 7.17. The highest BCUT2D eigenvalue weighted by Gasteiger charge is 2.21. The number of fused-ring (bicyclic) bond motifs is 7. The molecule has 0 bridgehead atoms. The molecule has 0 amide bonds. The Kier molecular flexibility index (Phi) is 7.63. The first-order valence-electron chi connectivity index (χ1n) is 19.4. The van der Waals surface area contributed by atoms with E-state index in [9.17, 15) is 0 Å². The molecule has 2 aromatic heterocycles.